The molecule has 4 rings (SSSR count). The number of hydrogen-bond acceptors (Lipinski definition) is 3. The van der Waals surface area contributed by atoms with Crippen molar-refractivity contribution in [3.05, 3.63) is 46.7 Å². The standard InChI is InChI=1S/C18H21N3O3/c1-11-4-2-5-12(8-11)16-15-14(19-18(23)20-16)10-21(17(15)22)9-13-6-3-7-24-13/h2,4-5,8,13,16H,3,6-7,9-10H2,1H3,(H2,19,20,23)/t13-,16+/m1/s1. The Kier molecular flexibility index (Phi) is 3.76. The lowest BCUT2D eigenvalue weighted by atomic mass is 9.95. The predicted molar refractivity (Wildman–Crippen MR) is 88.2 cm³/mol. The second kappa shape index (κ2) is 5.94. The third-order valence-electron chi connectivity index (χ3n) is 4.84. The van der Waals surface area contributed by atoms with E-state index in [0.29, 0.717) is 24.4 Å². The average Bonchev–Trinajstić information content (AvgIpc) is 3.16. The van der Waals surface area contributed by atoms with Crippen molar-refractivity contribution in [2.75, 3.05) is 19.7 Å². The van der Waals surface area contributed by atoms with Crippen LogP contribution in [0.4, 0.5) is 4.79 Å². The summed E-state index contributed by atoms with van der Waals surface area (Å²) in [6.45, 7) is 3.80. The SMILES string of the molecule is Cc1cccc([C@@H]2NC(=O)NC3=C2C(=O)N(C[C@H]2CCCO2)C3)c1. The van der Waals surface area contributed by atoms with Crippen LogP contribution in [0.5, 0.6) is 0 Å². The van der Waals surface area contributed by atoms with Crippen LogP contribution in [-0.4, -0.2) is 42.6 Å². The number of benzene rings is 1. The maximum Gasteiger partial charge on any atom is 0.319 e. The molecule has 3 aliphatic rings. The van der Waals surface area contributed by atoms with E-state index in [4.69, 9.17) is 4.74 Å². The molecule has 2 atom stereocenters. The fraction of sp³-hybridized carbons (Fsp3) is 0.444. The molecule has 6 nitrogen and oxygen atoms in total. The normalized spacial score (nSPS) is 26.5. The third kappa shape index (κ3) is 2.67. The van der Waals surface area contributed by atoms with Gasteiger partial charge in [0.2, 0.25) is 0 Å². The van der Waals surface area contributed by atoms with Gasteiger partial charge in [-0.05, 0) is 25.3 Å². The van der Waals surface area contributed by atoms with E-state index in [-0.39, 0.29) is 18.0 Å². The molecule has 3 aliphatic heterocycles. The first-order valence-corrected chi connectivity index (χ1v) is 8.40. The lowest BCUT2D eigenvalue weighted by Gasteiger charge is -2.26. The van der Waals surface area contributed by atoms with Crippen LogP contribution in [0.25, 0.3) is 0 Å². The van der Waals surface area contributed by atoms with Crippen molar-refractivity contribution in [2.45, 2.75) is 31.9 Å². The number of nitrogens with one attached hydrogen (secondary N) is 2. The Morgan fingerprint density at radius 3 is 2.96 bits per heavy atom. The van der Waals surface area contributed by atoms with Gasteiger partial charge in [0.1, 0.15) is 0 Å². The minimum Gasteiger partial charge on any atom is -0.376 e. The molecule has 0 saturated carbocycles. The van der Waals surface area contributed by atoms with Gasteiger partial charge >= 0.3 is 6.03 Å². The molecule has 1 aromatic rings. The zero-order valence-corrected chi connectivity index (χ0v) is 13.7. The van der Waals surface area contributed by atoms with E-state index in [1.165, 1.54) is 0 Å². The second-order valence-electron chi connectivity index (χ2n) is 6.66. The molecule has 0 bridgehead atoms. The van der Waals surface area contributed by atoms with Gasteiger partial charge < -0.3 is 20.3 Å². The van der Waals surface area contributed by atoms with Crippen LogP contribution in [0.15, 0.2) is 35.5 Å². The second-order valence-corrected chi connectivity index (χ2v) is 6.66. The Labute approximate surface area is 140 Å². The van der Waals surface area contributed by atoms with Gasteiger partial charge in [-0.25, -0.2) is 4.79 Å². The Morgan fingerprint density at radius 2 is 2.21 bits per heavy atom. The van der Waals surface area contributed by atoms with Crippen LogP contribution in [-0.2, 0) is 9.53 Å². The first-order chi connectivity index (χ1) is 11.6. The maximum atomic E-state index is 12.9. The summed E-state index contributed by atoms with van der Waals surface area (Å²) < 4.78 is 5.65. The minimum absolute atomic E-state index is 0.0143. The van der Waals surface area contributed by atoms with Crippen molar-refractivity contribution >= 4 is 11.9 Å². The molecular formula is C18H21N3O3. The topological polar surface area (TPSA) is 70.7 Å². The van der Waals surface area contributed by atoms with E-state index in [1.54, 1.807) is 4.90 Å². The molecule has 1 saturated heterocycles. The van der Waals surface area contributed by atoms with Crippen molar-refractivity contribution in [3.63, 3.8) is 0 Å². The highest BCUT2D eigenvalue weighted by Gasteiger charge is 2.41. The maximum absolute atomic E-state index is 12.9. The molecule has 0 unspecified atom stereocenters. The molecule has 1 aromatic carbocycles. The number of aryl methyl sites for hydroxylation is 1. The van der Waals surface area contributed by atoms with Gasteiger partial charge in [0.25, 0.3) is 5.91 Å². The lowest BCUT2D eigenvalue weighted by Crippen LogP contribution is -2.44. The molecule has 0 radical (unpaired) electrons. The number of ether oxygens (including phenoxy) is 1. The first-order valence-electron chi connectivity index (χ1n) is 8.40. The lowest BCUT2D eigenvalue weighted by molar-refractivity contribution is -0.127. The van der Waals surface area contributed by atoms with Gasteiger partial charge in [-0.3, -0.25) is 4.79 Å². The Hall–Kier alpha value is -2.34. The van der Waals surface area contributed by atoms with Gasteiger partial charge in [0, 0.05) is 13.2 Å². The smallest absolute Gasteiger partial charge is 0.319 e. The highest BCUT2D eigenvalue weighted by Crippen LogP contribution is 2.33. The molecule has 3 heterocycles. The van der Waals surface area contributed by atoms with E-state index in [0.717, 1.165) is 30.6 Å². The highest BCUT2D eigenvalue weighted by molar-refractivity contribution is 6.01. The van der Waals surface area contributed by atoms with Gasteiger partial charge in [0.05, 0.1) is 30.0 Å². The van der Waals surface area contributed by atoms with E-state index in [1.807, 2.05) is 31.2 Å². The fourth-order valence-electron chi connectivity index (χ4n) is 3.71. The van der Waals surface area contributed by atoms with Crippen LogP contribution in [0.3, 0.4) is 0 Å². The van der Waals surface area contributed by atoms with Crippen LogP contribution in [0, 0.1) is 6.92 Å². The van der Waals surface area contributed by atoms with Crippen molar-refractivity contribution in [1.82, 2.24) is 15.5 Å². The quantitative estimate of drug-likeness (QED) is 0.886. The largest absolute Gasteiger partial charge is 0.376 e. The fourth-order valence-corrected chi connectivity index (χ4v) is 3.71. The summed E-state index contributed by atoms with van der Waals surface area (Å²) in [5, 5.41) is 5.69. The first kappa shape index (κ1) is 15.2. The number of nitrogens with zero attached hydrogens (tertiary/aromatic N) is 1. The number of carbonyl (C=O) groups excluding carboxylic acids is 2. The van der Waals surface area contributed by atoms with Crippen molar-refractivity contribution in [1.29, 1.82) is 0 Å². The van der Waals surface area contributed by atoms with Gasteiger partial charge in [-0.1, -0.05) is 29.8 Å². The molecule has 6 heteroatoms. The van der Waals surface area contributed by atoms with Crippen LogP contribution in [0.1, 0.15) is 30.0 Å². The van der Waals surface area contributed by atoms with E-state index >= 15 is 0 Å². The Bertz CT molecular complexity index is 722. The monoisotopic (exact) mass is 327 g/mol. The average molecular weight is 327 g/mol. The zero-order valence-electron chi connectivity index (χ0n) is 13.7. The molecule has 3 amide bonds. The minimum atomic E-state index is -0.393. The summed E-state index contributed by atoms with van der Waals surface area (Å²) in [4.78, 5) is 26.7. The van der Waals surface area contributed by atoms with Crippen molar-refractivity contribution in [2.24, 2.45) is 0 Å². The summed E-state index contributed by atoms with van der Waals surface area (Å²) in [5.74, 6) is -0.0143. The Morgan fingerprint density at radius 1 is 1.33 bits per heavy atom. The van der Waals surface area contributed by atoms with Crippen molar-refractivity contribution < 1.29 is 14.3 Å². The molecule has 126 valence electrons. The summed E-state index contributed by atoms with van der Waals surface area (Å²) in [6.07, 6.45) is 2.14. The van der Waals surface area contributed by atoms with Gasteiger partial charge in [0.15, 0.2) is 0 Å². The van der Waals surface area contributed by atoms with Crippen LogP contribution in [0.2, 0.25) is 0 Å². The summed E-state index contributed by atoms with van der Waals surface area (Å²) in [5.41, 5.74) is 3.40. The molecule has 0 aromatic heterocycles. The summed E-state index contributed by atoms with van der Waals surface area (Å²) >= 11 is 0. The molecule has 0 spiro atoms. The van der Waals surface area contributed by atoms with E-state index < -0.39 is 6.04 Å². The van der Waals surface area contributed by atoms with Crippen LogP contribution >= 0.6 is 0 Å². The van der Waals surface area contributed by atoms with Gasteiger partial charge in [-0.15, -0.1) is 0 Å². The molecular weight excluding hydrogens is 306 g/mol. The summed E-state index contributed by atoms with van der Waals surface area (Å²) in [7, 11) is 0. The highest BCUT2D eigenvalue weighted by atomic mass is 16.5. The summed E-state index contributed by atoms with van der Waals surface area (Å²) in [6, 6.07) is 7.26. The van der Waals surface area contributed by atoms with Crippen molar-refractivity contribution in [3.8, 4) is 0 Å². The number of hydrogen-bond donors (Lipinski definition) is 2. The molecule has 1 fully saturated rings. The number of urea groups is 1. The molecule has 2 N–H and O–H groups in total. The van der Waals surface area contributed by atoms with Gasteiger partial charge in [-0.2, -0.15) is 0 Å². The number of amides is 3. The number of rotatable bonds is 3. The number of carbonyl (C=O) groups is 2. The predicted octanol–water partition coefficient (Wildman–Crippen LogP) is 1.62. The third-order valence-corrected chi connectivity index (χ3v) is 4.84. The van der Waals surface area contributed by atoms with E-state index in [2.05, 4.69) is 10.6 Å². The molecule has 24 heavy (non-hydrogen) atoms. The molecule has 0 aliphatic carbocycles. The zero-order chi connectivity index (χ0) is 16.7. The van der Waals surface area contributed by atoms with Crippen LogP contribution < -0.4 is 10.6 Å². The van der Waals surface area contributed by atoms with E-state index in [9.17, 15) is 9.59 Å². The Balaban J connectivity index is 1.61.